The number of hydrogen-bond donors (Lipinski definition) is 2. The van der Waals surface area contributed by atoms with E-state index >= 15 is 0 Å². The van der Waals surface area contributed by atoms with Crippen LogP contribution in [0.4, 0.5) is 5.69 Å². The zero-order valence-corrected chi connectivity index (χ0v) is 19.6. The molecule has 0 atom stereocenters. The number of nitrogens with one attached hydrogen (secondary N) is 1. The topological polar surface area (TPSA) is 116 Å². The number of carbonyl (C=O) groups excluding carboxylic acids is 1. The van der Waals surface area contributed by atoms with Crippen molar-refractivity contribution in [1.82, 2.24) is 9.55 Å². The summed E-state index contributed by atoms with van der Waals surface area (Å²) >= 11 is 0. The lowest BCUT2D eigenvalue weighted by Gasteiger charge is -2.14. The number of imidazole rings is 1. The molecular formula is C27H29N3O4. The number of aromatic carboxylic acids is 1. The molecule has 4 aromatic rings. The zero-order valence-electron chi connectivity index (χ0n) is 19.6. The highest BCUT2D eigenvalue weighted by molar-refractivity contribution is 5.96. The summed E-state index contributed by atoms with van der Waals surface area (Å²) in [7, 11) is 0. The van der Waals surface area contributed by atoms with Crippen LogP contribution in [0.5, 0.6) is 0 Å². The quantitative estimate of drug-likeness (QED) is 0.396. The normalized spacial score (nSPS) is 10.7. The molecule has 4 N–H and O–H groups in total. The van der Waals surface area contributed by atoms with Crippen LogP contribution in [-0.2, 0) is 11.2 Å². The summed E-state index contributed by atoms with van der Waals surface area (Å²) in [4.78, 5) is 28.0. The van der Waals surface area contributed by atoms with E-state index in [1.165, 1.54) is 6.92 Å². The molecule has 0 aliphatic heterocycles. The number of aryl methyl sites for hydroxylation is 2. The summed E-state index contributed by atoms with van der Waals surface area (Å²) in [5.41, 5.74) is 6.36. The van der Waals surface area contributed by atoms with Crippen LogP contribution in [-0.4, -0.2) is 32.0 Å². The number of carbonyl (C=O) groups is 2. The molecule has 7 nitrogen and oxygen atoms in total. The molecule has 1 amide bonds. The molecule has 0 fully saturated rings. The Morgan fingerprint density at radius 3 is 2.47 bits per heavy atom. The number of aromatic nitrogens is 2. The van der Waals surface area contributed by atoms with E-state index in [2.05, 4.69) is 22.9 Å². The summed E-state index contributed by atoms with van der Waals surface area (Å²) in [6.45, 7) is 5.64. The van der Waals surface area contributed by atoms with Gasteiger partial charge in [0, 0.05) is 24.7 Å². The van der Waals surface area contributed by atoms with Crippen molar-refractivity contribution in [1.29, 1.82) is 0 Å². The molecule has 1 aromatic heterocycles. The summed E-state index contributed by atoms with van der Waals surface area (Å²) in [5, 5.41) is 12.4. The highest BCUT2D eigenvalue weighted by Crippen LogP contribution is 2.31. The van der Waals surface area contributed by atoms with Crippen LogP contribution in [0.3, 0.4) is 0 Å². The average Bonchev–Trinajstić information content (AvgIpc) is 3.14. The molecule has 0 saturated heterocycles. The minimum Gasteiger partial charge on any atom is -0.478 e. The van der Waals surface area contributed by atoms with Gasteiger partial charge in [0.2, 0.25) is 5.91 Å². The fraction of sp³-hybridized carbons (Fsp3) is 0.222. The Labute approximate surface area is 198 Å². The predicted octanol–water partition coefficient (Wildman–Crippen LogP) is 5.18. The van der Waals surface area contributed by atoms with Gasteiger partial charge < -0.3 is 15.9 Å². The van der Waals surface area contributed by atoms with Gasteiger partial charge in [-0.2, -0.15) is 0 Å². The monoisotopic (exact) mass is 459 g/mol. The molecule has 4 rings (SSSR count). The molecule has 0 unspecified atom stereocenters. The molecule has 0 aliphatic carbocycles. The lowest BCUT2D eigenvalue weighted by molar-refractivity contribution is -0.114. The van der Waals surface area contributed by atoms with E-state index in [1.54, 1.807) is 12.1 Å². The Morgan fingerprint density at radius 1 is 1.03 bits per heavy atom. The molecule has 0 saturated carbocycles. The first-order chi connectivity index (χ1) is 15.9. The van der Waals surface area contributed by atoms with Crippen LogP contribution in [0, 0.1) is 6.92 Å². The van der Waals surface area contributed by atoms with Gasteiger partial charge in [-0.05, 0) is 66.4 Å². The number of carboxylic acids is 1. The maximum atomic E-state index is 11.7. The Morgan fingerprint density at radius 2 is 1.79 bits per heavy atom. The summed E-state index contributed by atoms with van der Waals surface area (Å²) in [6.07, 6.45) is 2.92. The van der Waals surface area contributed by atoms with E-state index in [1.807, 2.05) is 49.4 Å². The van der Waals surface area contributed by atoms with Gasteiger partial charge in [0.1, 0.15) is 5.82 Å². The first-order valence-corrected chi connectivity index (χ1v) is 11.1. The van der Waals surface area contributed by atoms with Crippen molar-refractivity contribution < 1.29 is 20.2 Å². The second-order valence-corrected chi connectivity index (χ2v) is 8.20. The van der Waals surface area contributed by atoms with Crippen molar-refractivity contribution in [3.8, 4) is 16.8 Å². The van der Waals surface area contributed by atoms with Gasteiger partial charge in [-0.3, -0.25) is 9.36 Å². The second kappa shape index (κ2) is 10.3. The summed E-state index contributed by atoms with van der Waals surface area (Å²) in [5.74, 6) is -0.0933. The largest absolute Gasteiger partial charge is 0.478 e. The molecule has 0 radical (unpaired) electrons. The Kier molecular flexibility index (Phi) is 7.48. The van der Waals surface area contributed by atoms with Crippen LogP contribution in [0.15, 0.2) is 60.7 Å². The van der Waals surface area contributed by atoms with Gasteiger partial charge in [0.05, 0.1) is 16.6 Å². The predicted molar refractivity (Wildman–Crippen MR) is 135 cm³/mol. The van der Waals surface area contributed by atoms with Gasteiger partial charge in [-0.25, -0.2) is 9.78 Å². The maximum Gasteiger partial charge on any atom is 0.336 e. The van der Waals surface area contributed by atoms with E-state index in [0.717, 1.165) is 58.6 Å². The third-order valence-electron chi connectivity index (χ3n) is 5.71. The number of rotatable bonds is 7. The van der Waals surface area contributed by atoms with Crippen molar-refractivity contribution in [3.05, 3.63) is 77.6 Å². The number of fused-ring (bicyclic) bond motifs is 1. The minimum atomic E-state index is -0.938. The third kappa shape index (κ3) is 4.84. The standard InChI is InChI=1S/C27H27N3O3.H2O/c1-4-5-10-26-29-24-16-19(28-18(3)31)11-14-25(24)30(26)20-12-13-21(17(2)15-20)22-8-6-7-9-23(22)27(32)33;/h6-9,11-16H,4-5,10H2,1-3H3,(H,28,31)(H,32,33);1H2. The van der Waals surface area contributed by atoms with E-state index in [4.69, 9.17) is 4.98 Å². The van der Waals surface area contributed by atoms with E-state index in [-0.39, 0.29) is 16.9 Å². The number of hydrogen-bond acceptors (Lipinski definition) is 3. The summed E-state index contributed by atoms with van der Waals surface area (Å²) in [6, 6.07) is 18.9. The van der Waals surface area contributed by atoms with Crippen LogP contribution in [0.1, 0.15) is 48.4 Å². The average molecular weight is 460 g/mol. The third-order valence-corrected chi connectivity index (χ3v) is 5.71. The number of amides is 1. The minimum absolute atomic E-state index is 0. The highest BCUT2D eigenvalue weighted by atomic mass is 16.4. The van der Waals surface area contributed by atoms with Gasteiger partial charge in [0.15, 0.2) is 0 Å². The molecule has 34 heavy (non-hydrogen) atoms. The zero-order chi connectivity index (χ0) is 23.5. The number of unbranched alkanes of at least 4 members (excludes halogenated alkanes) is 1. The van der Waals surface area contributed by atoms with Crippen LogP contribution in [0.25, 0.3) is 27.8 Å². The molecule has 176 valence electrons. The first-order valence-electron chi connectivity index (χ1n) is 11.1. The van der Waals surface area contributed by atoms with Crippen molar-refractivity contribution >= 4 is 28.6 Å². The fourth-order valence-corrected chi connectivity index (χ4v) is 4.20. The van der Waals surface area contributed by atoms with Crippen LogP contribution in [0.2, 0.25) is 0 Å². The Balaban J connectivity index is 0.00000324. The fourth-order valence-electron chi connectivity index (χ4n) is 4.20. The van der Waals surface area contributed by atoms with Crippen molar-refractivity contribution in [3.63, 3.8) is 0 Å². The van der Waals surface area contributed by atoms with Gasteiger partial charge in [0.25, 0.3) is 0 Å². The Hall–Kier alpha value is -3.97. The van der Waals surface area contributed by atoms with Crippen molar-refractivity contribution in [2.24, 2.45) is 0 Å². The van der Waals surface area contributed by atoms with Crippen molar-refractivity contribution in [2.75, 3.05) is 5.32 Å². The number of anilines is 1. The van der Waals surface area contributed by atoms with Gasteiger partial charge >= 0.3 is 5.97 Å². The molecular weight excluding hydrogens is 430 g/mol. The highest BCUT2D eigenvalue weighted by Gasteiger charge is 2.16. The lowest BCUT2D eigenvalue weighted by atomic mass is 9.95. The van der Waals surface area contributed by atoms with E-state index < -0.39 is 5.97 Å². The molecule has 1 heterocycles. The smallest absolute Gasteiger partial charge is 0.336 e. The second-order valence-electron chi connectivity index (χ2n) is 8.20. The van der Waals surface area contributed by atoms with Gasteiger partial charge in [-0.15, -0.1) is 0 Å². The van der Waals surface area contributed by atoms with Gasteiger partial charge in [-0.1, -0.05) is 37.6 Å². The summed E-state index contributed by atoms with van der Waals surface area (Å²) < 4.78 is 2.16. The molecule has 0 spiro atoms. The first kappa shape index (κ1) is 24.7. The lowest BCUT2D eigenvalue weighted by Crippen LogP contribution is -2.05. The Bertz CT molecular complexity index is 1360. The van der Waals surface area contributed by atoms with E-state index in [0.29, 0.717) is 5.56 Å². The van der Waals surface area contributed by atoms with E-state index in [9.17, 15) is 14.7 Å². The van der Waals surface area contributed by atoms with Crippen LogP contribution < -0.4 is 5.32 Å². The SMILES string of the molecule is CCCCc1nc2cc(NC(C)=O)ccc2n1-c1ccc(-c2ccccc2C(=O)O)c(C)c1.O. The van der Waals surface area contributed by atoms with Crippen molar-refractivity contribution in [2.45, 2.75) is 40.0 Å². The number of nitrogens with zero attached hydrogens (tertiary/aromatic N) is 2. The number of carboxylic acid groups (broad SMARTS) is 1. The molecule has 0 bridgehead atoms. The number of benzene rings is 3. The molecule has 0 aliphatic rings. The molecule has 7 heteroatoms. The van der Waals surface area contributed by atoms with Crippen LogP contribution >= 0.6 is 0 Å². The maximum absolute atomic E-state index is 11.7. The molecule has 3 aromatic carbocycles.